The molecular formula is C21H18N5O4S2-. The molecule has 3 atom stereocenters. The van der Waals surface area contributed by atoms with Crippen molar-refractivity contribution < 1.29 is 17.9 Å². The molecule has 3 saturated heterocycles. The monoisotopic (exact) mass is 468 g/mol. The van der Waals surface area contributed by atoms with E-state index in [1.807, 2.05) is 17.5 Å². The highest BCUT2D eigenvalue weighted by Crippen LogP contribution is 2.39. The zero-order valence-corrected chi connectivity index (χ0v) is 18.4. The quantitative estimate of drug-likeness (QED) is 0.426. The third kappa shape index (κ3) is 3.66. The van der Waals surface area contributed by atoms with Crippen LogP contribution in [0.15, 0.2) is 46.5 Å². The fourth-order valence-corrected chi connectivity index (χ4v) is 5.29. The molecule has 3 aliphatic heterocycles. The first-order valence-corrected chi connectivity index (χ1v) is 12.3. The van der Waals surface area contributed by atoms with E-state index in [-0.39, 0.29) is 5.75 Å². The van der Waals surface area contributed by atoms with Gasteiger partial charge in [0.2, 0.25) is 5.88 Å². The van der Waals surface area contributed by atoms with Crippen LogP contribution in [0.25, 0.3) is 21.7 Å². The van der Waals surface area contributed by atoms with Gasteiger partial charge in [0, 0.05) is 54.8 Å². The van der Waals surface area contributed by atoms with Gasteiger partial charge in [0.05, 0.1) is 5.56 Å². The topological polar surface area (TPSA) is 116 Å². The van der Waals surface area contributed by atoms with Crippen molar-refractivity contribution in [3.05, 3.63) is 47.6 Å². The average molecular weight is 469 g/mol. The minimum atomic E-state index is -2.16. The van der Waals surface area contributed by atoms with E-state index in [9.17, 15) is 8.76 Å². The first-order valence-electron chi connectivity index (χ1n) is 10.2. The van der Waals surface area contributed by atoms with Crippen molar-refractivity contribution in [3.63, 3.8) is 0 Å². The molecule has 3 aromatic heterocycles. The molecule has 0 amide bonds. The summed E-state index contributed by atoms with van der Waals surface area (Å²) in [5.74, 6) is 0.782. The lowest BCUT2D eigenvalue weighted by molar-refractivity contribution is 0.220. The molecule has 0 saturated carbocycles. The maximum Gasteiger partial charge on any atom is 0.298 e. The van der Waals surface area contributed by atoms with Gasteiger partial charge in [-0.15, -0.1) is 11.3 Å². The van der Waals surface area contributed by atoms with E-state index in [1.54, 1.807) is 18.3 Å². The van der Waals surface area contributed by atoms with Crippen molar-refractivity contribution >= 4 is 39.5 Å². The van der Waals surface area contributed by atoms with E-state index in [0.717, 1.165) is 23.7 Å². The number of ether oxygens (including phenoxy) is 1. The number of nitrogens with zero attached hydrogens (tertiary/aromatic N) is 4. The van der Waals surface area contributed by atoms with Crippen LogP contribution in [0.5, 0.6) is 11.6 Å². The number of pyridine rings is 1. The van der Waals surface area contributed by atoms with Crippen molar-refractivity contribution in [2.45, 2.75) is 24.3 Å². The minimum Gasteiger partial charge on any atom is -0.772 e. The maximum absolute atomic E-state index is 10.9. The van der Waals surface area contributed by atoms with E-state index in [0.29, 0.717) is 46.4 Å². The molecule has 2 bridgehead atoms. The highest BCUT2D eigenvalue weighted by molar-refractivity contribution is 7.78. The molecule has 0 spiro atoms. The number of thiazole rings is 1. The van der Waals surface area contributed by atoms with Gasteiger partial charge in [0.15, 0.2) is 16.8 Å². The summed E-state index contributed by atoms with van der Waals surface area (Å²) in [7, 11) is 0. The summed E-state index contributed by atoms with van der Waals surface area (Å²) in [6, 6.07) is 8.60. The molecular weight excluding hydrogens is 450 g/mol. The minimum absolute atomic E-state index is 0.0840. The maximum atomic E-state index is 10.9. The first-order chi connectivity index (χ1) is 15.6. The van der Waals surface area contributed by atoms with Crippen LogP contribution in [0.4, 0.5) is 6.01 Å². The summed E-state index contributed by atoms with van der Waals surface area (Å²) in [6.07, 6.45) is 4.45. The van der Waals surface area contributed by atoms with Crippen molar-refractivity contribution in [1.29, 1.82) is 0 Å². The van der Waals surface area contributed by atoms with E-state index in [4.69, 9.17) is 14.1 Å². The van der Waals surface area contributed by atoms with E-state index in [1.165, 1.54) is 24.0 Å². The lowest BCUT2D eigenvalue weighted by atomic mass is 9.92. The van der Waals surface area contributed by atoms with Crippen LogP contribution in [-0.2, 0) is 16.8 Å². The third-order valence-electron chi connectivity index (χ3n) is 5.65. The Kier molecular flexibility index (Phi) is 4.90. The Morgan fingerprint density at radius 2 is 2.09 bits per heavy atom. The Balaban J connectivity index is 1.37. The summed E-state index contributed by atoms with van der Waals surface area (Å²) in [5, 5.41) is 6.29. The highest BCUT2D eigenvalue weighted by atomic mass is 32.2. The second-order valence-corrected chi connectivity index (χ2v) is 9.67. The van der Waals surface area contributed by atoms with Gasteiger partial charge in [-0.3, -0.25) is 4.21 Å². The predicted molar refractivity (Wildman–Crippen MR) is 120 cm³/mol. The smallest absolute Gasteiger partial charge is 0.298 e. The number of nitrogens with one attached hydrogen (secondary N) is 1. The number of benzene rings is 1. The SMILES string of the molecule is O=S([O-])Cc1ccc(Oc2ccc(-c3nccs3)c3oc(N4CC5CC(C4)N5)nc23)nc1. The standard InChI is InChI=1S/C21H19N5O4S2/c27-32(28)11-12-1-4-17(23-8-12)29-16-3-2-15(20-22-5-6-31-20)19-18(16)25-21(30-19)26-9-13-7-14(10-26)24-13/h1-6,8,13-14,24H,7,9-11H2,(H,27,28)/p-1. The Bertz CT molecular complexity index is 1280. The summed E-state index contributed by atoms with van der Waals surface area (Å²) >= 11 is -0.631. The second-order valence-electron chi connectivity index (χ2n) is 7.88. The molecule has 32 heavy (non-hydrogen) atoms. The zero-order valence-electron chi connectivity index (χ0n) is 16.8. The number of piperidine rings is 1. The summed E-state index contributed by atoms with van der Waals surface area (Å²) in [4.78, 5) is 15.6. The number of oxazole rings is 1. The molecule has 1 aromatic carbocycles. The van der Waals surface area contributed by atoms with Crippen LogP contribution in [0.2, 0.25) is 0 Å². The van der Waals surface area contributed by atoms with Gasteiger partial charge < -0.3 is 23.9 Å². The second kappa shape index (κ2) is 7.93. The van der Waals surface area contributed by atoms with E-state index < -0.39 is 11.1 Å². The molecule has 9 nitrogen and oxygen atoms in total. The Hall–Kier alpha value is -2.86. The molecule has 11 heteroatoms. The van der Waals surface area contributed by atoms with Crippen molar-refractivity contribution in [2.75, 3.05) is 18.0 Å². The summed E-state index contributed by atoms with van der Waals surface area (Å²) in [6.45, 7) is 1.71. The van der Waals surface area contributed by atoms with Crippen LogP contribution in [0.1, 0.15) is 12.0 Å². The summed E-state index contributed by atoms with van der Waals surface area (Å²) < 4.78 is 34.0. The van der Waals surface area contributed by atoms with Crippen molar-refractivity contribution in [2.24, 2.45) is 0 Å². The number of fused-ring (bicyclic) bond motifs is 3. The molecule has 3 fully saturated rings. The van der Waals surface area contributed by atoms with Crippen LogP contribution in [0.3, 0.4) is 0 Å². The van der Waals surface area contributed by atoms with Crippen molar-refractivity contribution in [3.8, 4) is 22.2 Å². The normalized spacial score (nSPS) is 20.8. The van der Waals surface area contributed by atoms with Gasteiger partial charge in [-0.05, 0) is 24.1 Å². The van der Waals surface area contributed by atoms with Gasteiger partial charge in [0.1, 0.15) is 5.01 Å². The fourth-order valence-electron chi connectivity index (χ4n) is 4.19. The highest BCUT2D eigenvalue weighted by Gasteiger charge is 2.38. The molecule has 3 unspecified atom stereocenters. The van der Waals surface area contributed by atoms with Crippen molar-refractivity contribution in [1.82, 2.24) is 20.3 Å². The van der Waals surface area contributed by atoms with Crippen LogP contribution in [0, 0.1) is 0 Å². The van der Waals surface area contributed by atoms with E-state index in [2.05, 4.69) is 20.2 Å². The molecule has 7 rings (SSSR count). The number of rotatable bonds is 6. The Labute approximate surface area is 189 Å². The average Bonchev–Trinajstić information content (AvgIpc) is 3.45. The van der Waals surface area contributed by atoms with Gasteiger partial charge in [-0.1, -0.05) is 17.1 Å². The number of aromatic nitrogens is 3. The molecule has 0 aliphatic carbocycles. The third-order valence-corrected chi connectivity index (χ3v) is 7.02. The van der Waals surface area contributed by atoms with E-state index >= 15 is 0 Å². The molecule has 164 valence electrons. The predicted octanol–water partition coefficient (Wildman–Crippen LogP) is 3.07. The first kappa shape index (κ1) is 19.8. The lowest BCUT2D eigenvalue weighted by Crippen LogP contribution is -2.67. The number of piperazine rings is 1. The molecule has 1 N–H and O–H groups in total. The number of hydrogen-bond donors (Lipinski definition) is 1. The molecule has 3 aliphatic rings. The lowest BCUT2D eigenvalue weighted by Gasteiger charge is -2.47. The van der Waals surface area contributed by atoms with Gasteiger partial charge in [-0.2, -0.15) is 4.98 Å². The molecule has 4 aromatic rings. The Morgan fingerprint density at radius 1 is 1.25 bits per heavy atom. The van der Waals surface area contributed by atoms with Gasteiger partial charge in [0.25, 0.3) is 6.01 Å². The van der Waals surface area contributed by atoms with Gasteiger partial charge >= 0.3 is 0 Å². The van der Waals surface area contributed by atoms with Crippen LogP contribution < -0.4 is 15.0 Å². The number of hydrogen-bond acceptors (Lipinski definition) is 10. The van der Waals surface area contributed by atoms with Crippen LogP contribution in [-0.4, -0.2) is 48.9 Å². The molecule has 6 heterocycles. The fraction of sp³-hybridized carbons (Fsp3) is 0.286. The summed E-state index contributed by atoms with van der Waals surface area (Å²) in [5.41, 5.74) is 2.68. The molecule has 0 radical (unpaired) electrons. The van der Waals surface area contributed by atoms with Crippen LogP contribution >= 0.6 is 11.3 Å². The largest absolute Gasteiger partial charge is 0.772 e. The number of anilines is 1. The Morgan fingerprint density at radius 3 is 2.78 bits per heavy atom. The zero-order chi connectivity index (χ0) is 21.7. The van der Waals surface area contributed by atoms with Gasteiger partial charge in [-0.25, -0.2) is 9.97 Å².